The molecule has 2 heterocycles. The number of carbonyl (C=O) groups excluding carboxylic acids is 1. The van der Waals surface area contributed by atoms with E-state index >= 15 is 0 Å². The number of likely N-dealkylation sites (tertiary alicyclic amines) is 1. The molecule has 1 aromatic heterocycles. The Morgan fingerprint density at radius 2 is 2.25 bits per heavy atom. The summed E-state index contributed by atoms with van der Waals surface area (Å²) in [6, 6.07) is 3.87. The number of nitrogens with two attached hydrogens (primary N) is 1. The number of hydrazine groups is 1. The Morgan fingerprint density at radius 3 is 2.75 bits per heavy atom. The number of nitrogens with one attached hydrogen (secondary N) is 2. The summed E-state index contributed by atoms with van der Waals surface area (Å²) in [7, 11) is 2.07. The molecule has 5 heteroatoms. The number of hydrogen-bond donors (Lipinski definition) is 3. The van der Waals surface area contributed by atoms with Gasteiger partial charge in [-0.05, 0) is 45.1 Å². The van der Waals surface area contributed by atoms with E-state index in [4.69, 9.17) is 5.84 Å². The van der Waals surface area contributed by atoms with E-state index in [0.717, 1.165) is 31.6 Å². The van der Waals surface area contributed by atoms with Crippen molar-refractivity contribution in [1.82, 2.24) is 15.3 Å². The second-order valence-corrected chi connectivity index (χ2v) is 4.44. The normalized spacial score (nSPS) is 20.6. The first kappa shape index (κ1) is 11.2. The Bertz CT molecular complexity index is 352. The molecule has 16 heavy (non-hydrogen) atoms. The zero-order chi connectivity index (χ0) is 11.6. The minimum atomic E-state index is -0.481. The molecule has 0 saturated carbocycles. The van der Waals surface area contributed by atoms with Crippen molar-refractivity contribution in [3.63, 3.8) is 0 Å². The summed E-state index contributed by atoms with van der Waals surface area (Å²) < 4.78 is 0. The highest BCUT2D eigenvalue weighted by Gasteiger charge is 2.42. The first-order chi connectivity index (χ1) is 7.69. The highest BCUT2D eigenvalue weighted by Crippen LogP contribution is 2.34. The van der Waals surface area contributed by atoms with Crippen LogP contribution in [0.3, 0.4) is 0 Å². The lowest BCUT2D eigenvalue weighted by Gasteiger charge is -2.38. The third kappa shape index (κ3) is 1.72. The van der Waals surface area contributed by atoms with Gasteiger partial charge in [0.2, 0.25) is 5.91 Å². The van der Waals surface area contributed by atoms with Gasteiger partial charge in [-0.1, -0.05) is 0 Å². The summed E-state index contributed by atoms with van der Waals surface area (Å²) in [5, 5.41) is 0. The topological polar surface area (TPSA) is 74.2 Å². The summed E-state index contributed by atoms with van der Waals surface area (Å²) in [4.78, 5) is 17.4. The smallest absolute Gasteiger partial charge is 0.246 e. The SMILES string of the molecule is CN1CCC(C(=O)NN)(c2ccc[nH]2)CC1. The molecule has 0 unspecified atom stereocenters. The molecule has 88 valence electrons. The van der Waals surface area contributed by atoms with E-state index in [1.165, 1.54) is 0 Å². The lowest BCUT2D eigenvalue weighted by Crippen LogP contribution is -2.52. The molecular formula is C11H18N4O. The van der Waals surface area contributed by atoms with Crippen LogP contribution in [0.1, 0.15) is 18.5 Å². The van der Waals surface area contributed by atoms with Crippen molar-refractivity contribution in [2.45, 2.75) is 18.3 Å². The van der Waals surface area contributed by atoms with Gasteiger partial charge in [0.15, 0.2) is 0 Å². The molecule has 0 atom stereocenters. The summed E-state index contributed by atoms with van der Waals surface area (Å²) in [5.41, 5.74) is 2.78. The molecule has 0 bridgehead atoms. The lowest BCUT2D eigenvalue weighted by atomic mass is 9.75. The molecule has 0 aromatic carbocycles. The molecule has 5 nitrogen and oxygen atoms in total. The maximum absolute atomic E-state index is 12.0. The van der Waals surface area contributed by atoms with Crippen molar-refractivity contribution >= 4 is 5.91 Å². The van der Waals surface area contributed by atoms with Crippen LogP contribution < -0.4 is 11.3 Å². The van der Waals surface area contributed by atoms with E-state index in [-0.39, 0.29) is 5.91 Å². The van der Waals surface area contributed by atoms with Crippen LogP contribution in [0.2, 0.25) is 0 Å². The minimum Gasteiger partial charge on any atom is -0.364 e. The zero-order valence-corrected chi connectivity index (χ0v) is 9.49. The van der Waals surface area contributed by atoms with Gasteiger partial charge in [0, 0.05) is 11.9 Å². The van der Waals surface area contributed by atoms with E-state index in [2.05, 4.69) is 22.4 Å². The average Bonchev–Trinajstić information content (AvgIpc) is 2.83. The molecule has 1 saturated heterocycles. The molecule has 0 radical (unpaired) electrons. The highest BCUT2D eigenvalue weighted by atomic mass is 16.2. The van der Waals surface area contributed by atoms with Gasteiger partial charge in [-0.15, -0.1) is 0 Å². The molecule has 2 rings (SSSR count). The number of aromatic amines is 1. The van der Waals surface area contributed by atoms with E-state index < -0.39 is 5.41 Å². The molecule has 1 amide bonds. The first-order valence-electron chi connectivity index (χ1n) is 5.52. The van der Waals surface area contributed by atoms with Crippen molar-refractivity contribution < 1.29 is 4.79 Å². The first-order valence-corrected chi connectivity index (χ1v) is 5.52. The average molecular weight is 222 g/mol. The van der Waals surface area contributed by atoms with E-state index in [0.29, 0.717) is 0 Å². The predicted octanol–water partition coefficient (Wildman–Crippen LogP) is -0.0320. The fraction of sp³-hybridized carbons (Fsp3) is 0.545. The Labute approximate surface area is 95.0 Å². The lowest BCUT2D eigenvalue weighted by molar-refractivity contribution is -0.128. The van der Waals surface area contributed by atoms with Crippen molar-refractivity contribution in [2.75, 3.05) is 20.1 Å². The molecule has 1 aromatic rings. The molecular weight excluding hydrogens is 204 g/mol. The van der Waals surface area contributed by atoms with Gasteiger partial charge in [-0.25, -0.2) is 5.84 Å². The molecule has 1 aliphatic heterocycles. The van der Waals surface area contributed by atoms with Crippen molar-refractivity contribution in [1.29, 1.82) is 0 Å². The van der Waals surface area contributed by atoms with Crippen molar-refractivity contribution in [3.8, 4) is 0 Å². The van der Waals surface area contributed by atoms with Crippen molar-refractivity contribution in [2.24, 2.45) is 5.84 Å². The van der Waals surface area contributed by atoms with Crippen LogP contribution >= 0.6 is 0 Å². The van der Waals surface area contributed by atoms with E-state index in [1.54, 1.807) is 0 Å². The van der Waals surface area contributed by atoms with Gasteiger partial charge in [-0.3, -0.25) is 10.2 Å². The third-order valence-corrected chi connectivity index (χ3v) is 3.52. The standard InChI is InChI=1S/C11H18N4O/c1-15-7-4-11(5-8-15,10(16)14-12)9-3-2-6-13-9/h2-3,6,13H,4-5,7-8,12H2,1H3,(H,14,16). The van der Waals surface area contributed by atoms with Gasteiger partial charge in [0.1, 0.15) is 0 Å². The number of piperidine rings is 1. The summed E-state index contributed by atoms with van der Waals surface area (Å²) in [6.07, 6.45) is 3.44. The number of carbonyl (C=O) groups is 1. The predicted molar refractivity (Wildman–Crippen MR) is 61.5 cm³/mol. The van der Waals surface area contributed by atoms with Gasteiger partial charge in [-0.2, -0.15) is 0 Å². The Morgan fingerprint density at radius 1 is 1.56 bits per heavy atom. The van der Waals surface area contributed by atoms with E-state index in [1.807, 2.05) is 18.3 Å². The maximum atomic E-state index is 12.0. The highest BCUT2D eigenvalue weighted by molar-refractivity contribution is 5.87. The summed E-state index contributed by atoms with van der Waals surface area (Å²) in [6.45, 7) is 1.82. The largest absolute Gasteiger partial charge is 0.364 e. The fourth-order valence-corrected chi connectivity index (χ4v) is 2.39. The number of amides is 1. The zero-order valence-electron chi connectivity index (χ0n) is 9.49. The number of aromatic nitrogens is 1. The second kappa shape index (κ2) is 4.27. The number of nitrogens with zero attached hydrogens (tertiary/aromatic N) is 1. The van der Waals surface area contributed by atoms with Crippen LogP contribution in [0.15, 0.2) is 18.3 Å². The Kier molecular flexibility index (Phi) is 2.98. The molecule has 0 spiro atoms. The maximum Gasteiger partial charge on any atom is 0.246 e. The molecule has 0 aliphatic carbocycles. The fourth-order valence-electron chi connectivity index (χ4n) is 2.39. The van der Waals surface area contributed by atoms with Crippen LogP contribution in [0.4, 0.5) is 0 Å². The minimum absolute atomic E-state index is 0.0944. The van der Waals surface area contributed by atoms with Crippen LogP contribution in [0.5, 0.6) is 0 Å². The number of H-pyrrole nitrogens is 1. The van der Waals surface area contributed by atoms with E-state index in [9.17, 15) is 4.79 Å². The quantitative estimate of drug-likeness (QED) is 0.374. The molecule has 1 fully saturated rings. The summed E-state index contributed by atoms with van der Waals surface area (Å²) >= 11 is 0. The number of rotatable bonds is 2. The van der Waals surface area contributed by atoms with Gasteiger partial charge in [0.25, 0.3) is 0 Å². The van der Waals surface area contributed by atoms with Crippen molar-refractivity contribution in [3.05, 3.63) is 24.0 Å². The van der Waals surface area contributed by atoms with Gasteiger partial charge < -0.3 is 9.88 Å². The van der Waals surface area contributed by atoms with Gasteiger partial charge in [0.05, 0.1) is 5.41 Å². The van der Waals surface area contributed by atoms with Crippen LogP contribution in [0, 0.1) is 0 Å². The van der Waals surface area contributed by atoms with Crippen LogP contribution in [-0.4, -0.2) is 35.9 Å². The van der Waals surface area contributed by atoms with Gasteiger partial charge >= 0.3 is 0 Å². The monoisotopic (exact) mass is 222 g/mol. The summed E-state index contributed by atoms with van der Waals surface area (Å²) in [5.74, 6) is 5.21. The Balaban J connectivity index is 2.30. The molecule has 4 N–H and O–H groups in total. The Hall–Kier alpha value is -1.33. The number of hydrogen-bond acceptors (Lipinski definition) is 3. The second-order valence-electron chi connectivity index (χ2n) is 4.44. The molecule has 1 aliphatic rings. The van der Waals surface area contributed by atoms with Crippen LogP contribution in [0.25, 0.3) is 0 Å². The third-order valence-electron chi connectivity index (χ3n) is 3.52. The van der Waals surface area contributed by atoms with Crippen LogP contribution in [-0.2, 0) is 10.2 Å².